The van der Waals surface area contributed by atoms with Crippen molar-refractivity contribution < 1.29 is 14.4 Å². The molecule has 6 heteroatoms. The topological polar surface area (TPSA) is 57.7 Å². The zero-order valence-corrected chi connectivity index (χ0v) is 15.9. The summed E-state index contributed by atoms with van der Waals surface area (Å²) >= 11 is 2.13. The van der Waals surface area contributed by atoms with Gasteiger partial charge in [-0.25, -0.2) is 0 Å². The van der Waals surface area contributed by atoms with Crippen molar-refractivity contribution in [2.45, 2.75) is 31.2 Å². The van der Waals surface area contributed by atoms with E-state index >= 15 is 0 Å². The maximum Gasteiger partial charge on any atom is 0.228 e. The molecule has 2 amide bonds. The van der Waals surface area contributed by atoms with E-state index in [2.05, 4.69) is 22.6 Å². The summed E-state index contributed by atoms with van der Waals surface area (Å²) in [5, 5.41) is 0. The van der Waals surface area contributed by atoms with Crippen LogP contribution in [0.5, 0.6) is 0 Å². The number of para-hydroxylation sites is 1. The molecule has 128 valence electrons. The molecule has 1 aromatic carbocycles. The third-order valence-corrected chi connectivity index (χ3v) is 5.87. The minimum Gasteiger partial charge on any atom is -0.312 e. The molecule has 0 saturated carbocycles. The summed E-state index contributed by atoms with van der Waals surface area (Å²) in [5.41, 5.74) is 1.78. The van der Waals surface area contributed by atoms with Crippen molar-refractivity contribution >= 4 is 45.9 Å². The van der Waals surface area contributed by atoms with Crippen LogP contribution in [0, 0.1) is 0 Å². The third-order valence-electron chi connectivity index (χ3n) is 5.37. The molecule has 1 aromatic rings. The second-order valence-corrected chi connectivity index (χ2v) is 7.30. The van der Waals surface area contributed by atoms with Crippen molar-refractivity contribution in [3.05, 3.63) is 51.8 Å². The van der Waals surface area contributed by atoms with Crippen LogP contribution in [-0.4, -0.2) is 35.1 Å². The van der Waals surface area contributed by atoms with Crippen molar-refractivity contribution in [2.75, 3.05) is 11.4 Å². The molecule has 2 heterocycles. The van der Waals surface area contributed by atoms with Gasteiger partial charge in [0, 0.05) is 37.7 Å². The molecule has 0 bridgehead atoms. The van der Waals surface area contributed by atoms with Gasteiger partial charge >= 0.3 is 0 Å². The Hall–Kier alpha value is -1.96. The highest BCUT2D eigenvalue weighted by molar-refractivity contribution is 14.1. The number of amides is 2. The van der Waals surface area contributed by atoms with Crippen LogP contribution in [0.25, 0.3) is 0 Å². The number of hydrogen-bond donors (Lipinski definition) is 0. The molecule has 25 heavy (non-hydrogen) atoms. The fourth-order valence-corrected chi connectivity index (χ4v) is 4.78. The van der Waals surface area contributed by atoms with Crippen LogP contribution in [0.4, 0.5) is 5.69 Å². The van der Waals surface area contributed by atoms with E-state index in [0.29, 0.717) is 6.54 Å². The van der Waals surface area contributed by atoms with Gasteiger partial charge in [-0.2, -0.15) is 0 Å². The van der Waals surface area contributed by atoms with Gasteiger partial charge in [-0.05, 0) is 15.7 Å². The molecule has 1 fully saturated rings. The number of allylic oxidation sites excluding steroid dienone is 1. The minimum atomic E-state index is -0.742. The lowest BCUT2D eigenvalue weighted by Crippen LogP contribution is -2.53. The molecule has 3 aliphatic rings. The lowest BCUT2D eigenvalue weighted by Gasteiger charge is -2.38. The van der Waals surface area contributed by atoms with Crippen molar-refractivity contribution in [2.24, 2.45) is 0 Å². The summed E-state index contributed by atoms with van der Waals surface area (Å²) in [6, 6.07) is 6.96. The summed E-state index contributed by atoms with van der Waals surface area (Å²) in [6.07, 6.45) is 4.28. The third kappa shape index (κ3) is 2.09. The molecule has 1 aliphatic carbocycles. The number of rotatable bonds is 2. The lowest BCUT2D eigenvalue weighted by atomic mass is 9.68. The highest BCUT2D eigenvalue weighted by Crippen LogP contribution is 2.57. The first kappa shape index (κ1) is 16.5. The molecule has 0 aromatic heterocycles. The Kier molecular flexibility index (Phi) is 3.82. The molecular formula is C19H17IN2O3. The zero-order valence-electron chi connectivity index (χ0n) is 13.7. The number of benzene rings is 1. The molecule has 1 saturated heterocycles. The van der Waals surface area contributed by atoms with E-state index < -0.39 is 11.5 Å². The molecule has 0 unspecified atom stereocenters. The van der Waals surface area contributed by atoms with Gasteiger partial charge in [0.25, 0.3) is 0 Å². The average molecular weight is 448 g/mol. The van der Waals surface area contributed by atoms with E-state index in [1.807, 2.05) is 40.5 Å². The van der Waals surface area contributed by atoms with Crippen molar-refractivity contribution in [1.82, 2.24) is 4.90 Å². The predicted molar refractivity (Wildman–Crippen MR) is 102 cm³/mol. The minimum absolute atomic E-state index is 0.000607. The summed E-state index contributed by atoms with van der Waals surface area (Å²) in [4.78, 5) is 41.4. The van der Waals surface area contributed by atoms with Crippen LogP contribution < -0.4 is 4.90 Å². The Morgan fingerprint density at radius 2 is 2.12 bits per heavy atom. The van der Waals surface area contributed by atoms with Crippen LogP contribution in [0.2, 0.25) is 0 Å². The number of fused-ring (bicyclic) bond motifs is 1. The maximum atomic E-state index is 12.8. The van der Waals surface area contributed by atoms with Crippen LogP contribution in [0.1, 0.15) is 25.3 Å². The summed E-state index contributed by atoms with van der Waals surface area (Å²) < 4.78 is 1.88. The quantitative estimate of drug-likeness (QED) is 0.654. The zero-order chi connectivity index (χ0) is 17.8. The molecule has 0 radical (unpaired) electrons. The molecule has 0 N–H and O–H groups in total. The van der Waals surface area contributed by atoms with Gasteiger partial charge in [0.05, 0.1) is 5.41 Å². The van der Waals surface area contributed by atoms with Gasteiger partial charge in [-0.15, -0.1) is 0 Å². The summed E-state index contributed by atoms with van der Waals surface area (Å²) in [5.74, 6) is -0.170. The molecule has 4 rings (SSSR count). The standard InChI is InChI=1S/C19H17IN2O3/c1-12(23)22-14-6-3-2-5-13(14)19-11-17(25)21(10-4-9-20)16(19)8-7-15(24)18(19)22/h2-6,8-9,18H,7,10-11H2,1H3/b9-4-/t18-,19+/m0/s1. The largest absolute Gasteiger partial charge is 0.312 e. The highest BCUT2D eigenvalue weighted by Gasteiger charge is 2.64. The number of Topliss-reactive ketones (excluding diaryl/α,β-unsaturated/α-hetero) is 1. The fraction of sp³-hybridized carbons (Fsp3) is 0.316. The SMILES string of the molecule is CC(=O)N1c2ccccc2[C@]23CC(=O)N(C/C=C\I)C2=CCC(=O)[C@H]13. The van der Waals surface area contributed by atoms with Crippen LogP contribution in [0.3, 0.4) is 0 Å². The number of nitrogens with zero attached hydrogens (tertiary/aromatic N) is 2. The number of carbonyl (C=O) groups is 3. The van der Waals surface area contributed by atoms with Gasteiger partial charge < -0.3 is 9.80 Å². The maximum absolute atomic E-state index is 12.8. The van der Waals surface area contributed by atoms with Gasteiger partial charge in [0.1, 0.15) is 6.04 Å². The van der Waals surface area contributed by atoms with Crippen molar-refractivity contribution in [3.8, 4) is 0 Å². The number of likely N-dealkylation sites (tertiary alicyclic amines) is 1. The van der Waals surface area contributed by atoms with Crippen molar-refractivity contribution in [1.29, 1.82) is 0 Å². The second-order valence-electron chi connectivity index (χ2n) is 6.58. The van der Waals surface area contributed by atoms with E-state index in [1.165, 1.54) is 6.92 Å². The van der Waals surface area contributed by atoms with E-state index in [9.17, 15) is 14.4 Å². The number of halogens is 1. The molecule has 5 nitrogen and oxygen atoms in total. The van der Waals surface area contributed by atoms with E-state index in [0.717, 1.165) is 16.9 Å². The first-order chi connectivity index (χ1) is 12.0. The smallest absolute Gasteiger partial charge is 0.228 e. The molecular weight excluding hydrogens is 431 g/mol. The van der Waals surface area contributed by atoms with Crippen LogP contribution >= 0.6 is 22.6 Å². The van der Waals surface area contributed by atoms with Gasteiger partial charge in [-0.1, -0.05) is 52.9 Å². The molecule has 2 atom stereocenters. The van der Waals surface area contributed by atoms with E-state index in [-0.39, 0.29) is 30.4 Å². The number of anilines is 1. The Balaban J connectivity index is 1.96. The number of carbonyl (C=O) groups excluding carboxylic acids is 3. The fourth-order valence-electron chi connectivity index (χ4n) is 4.55. The average Bonchev–Trinajstić information content (AvgIpc) is 3.05. The van der Waals surface area contributed by atoms with Gasteiger partial charge in [0.2, 0.25) is 11.8 Å². The van der Waals surface area contributed by atoms with Crippen LogP contribution in [-0.2, 0) is 19.8 Å². The number of ketones is 1. The van der Waals surface area contributed by atoms with Gasteiger partial charge in [0.15, 0.2) is 5.78 Å². The first-order valence-electron chi connectivity index (χ1n) is 8.20. The van der Waals surface area contributed by atoms with E-state index in [1.54, 1.807) is 9.80 Å². The Morgan fingerprint density at radius 3 is 2.84 bits per heavy atom. The highest BCUT2D eigenvalue weighted by atomic mass is 127. The van der Waals surface area contributed by atoms with Crippen molar-refractivity contribution in [3.63, 3.8) is 0 Å². The normalized spacial score (nSPS) is 27.4. The number of hydrogen-bond acceptors (Lipinski definition) is 3. The molecule has 2 aliphatic heterocycles. The Morgan fingerprint density at radius 1 is 1.36 bits per heavy atom. The van der Waals surface area contributed by atoms with Crippen LogP contribution in [0.15, 0.2) is 46.2 Å². The second kappa shape index (κ2) is 5.79. The van der Waals surface area contributed by atoms with E-state index in [4.69, 9.17) is 0 Å². The van der Waals surface area contributed by atoms with Gasteiger partial charge in [-0.3, -0.25) is 14.4 Å². The lowest BCUT2D eigenvalue weighted by molar-refractivity contribution is -0.126. The summed E-state index contributed by atoms with van der Waals surface area (Å²) in [6.45, 7) is 1.97. The Labute approximate surface area is 159 Å². The summed E-state index contributed by atoms with van der Waals surface area (Å²) in [7, 11) is 0. The first-order valence-corrected chi connectivity index (χ1v) is 9.45. The molecule has 1 spiro atoms. The Bertz CT molecular complexity index is 860. The monoisotopic (exact) mass is 448 g/mol. The predicted octanol–water partition coefficient (Wildman–Crippen LogP) is 2.70.